The normalized spacial score (nSPS) is 23.7. The highest BCUT2D eigenvalue weighted by atomic mass is 19.4. The maximum Gasteiger partial charge on any atom is 0.490 e. The van der Waals surface area contributed by atoms with E-state index in [1.807, 2.05) is 6.07 Å². The van der Waals surface area contributed by atoms with Crippen LogP contribution >= 0.6 is 0 Å². The zero-order chi connectivity index (χ0) is 32.9. The van der Waals surface area contributed by atoms with Crippen molar-refractivity contribution in [2.45, 2.75) is 68.2 Å². The van der Waals surface area contributed by atoms with Crippen molar-refractivity contribution in [3.63, 3.8) is 0 Å². The number of fused-ring (bicyclic) bond motifs is 1. The quantitative estimate of drug-likeness (QED) is 0.276. The molecule has 3 atom stereocenters. The number of hydrogen-bond donors (Lipinski definition) is 3. The summed E-state index contributed by atoms with van der Waals surface area (Å²) < 4.78 is 89.4. The van der Waals surface area contributed by atoms with Crippen LogP contribution < -0.4 is 20.1 Å². The lowest BCUT2D eigenvalue weighted by Gasteiger charge is -2.47. The molecule has 1 aliphatic carbocycles. The SMILES string of the molecule is COc1ccc([C@@]23CC[C@@H](NC(=O)Nc4ccc(F)c(F)c4F)C[C@@H]2N(C2CCOCC2)CC3)cc1OC.O=C(O)C(F)(F)F. The van der Waals surface area contributed by atoms with Gasteiger partial charge in [0, 0.05) is 36.8 Å². The lowest BCUT2D eigenvalue weighted by molar-refractivity contribution is -0.192. The molecule has 248 valence electrons. The third-order valence-corrected chi connectivity index (χ3v) is 8.78. The molecule has 3 fully saturated rings. The molecule has 0 bridgehead atoms. The van der Waals surface area contributed by atoms with Gasteiger partial charge in [-0.25, -0.2) is 22.8 Å². The molecule has 0 unspecified atom stereocenters. The molecule has 2 aliphatic heterocycles. The molecule has 9 nitrogen and oxygen atoms in total. The second-order valence-electron chi connectivity index (χ2n) is 11.2. The van der Waals surface area contributed by atoms with Crippen LogP contribution in [0.1, 0.15) is 44.1 Å². The summed E-state index contributed by atoms with van der Waals surface area (Å²) in [4.78, 5) is 24.2. The maximum absolute atomic E-state index is 14.1. The van der Waals surface area contributed by atoms with Crippen molar-refractivity contribution in [3.8, 4) is 11.5 Å². The number of alkyl halides is 3. The minimum Gasteiger partial charge on any atom is -0.493 e. The van der Waals surface area contributed by atoms with Crippen molar-refractivity contribution in [1.82, 2.24) is 10.2 Å². The Morgan fingerprint density at radius 1 is 0.978 bits per heavy atom. The number of nitrogens with one attached hydrogen (secondary N) is 2. The van der Waals surface area contributed by atoms with E-state index in [0.29, 0.717) is 24.0 Å². The van der Waals surface area contributed by atoms with Crippen LogP contribution in [0.25, 0.3) is 0 Å². The fraction of sp³-hybridized carbons (Fsp3) is 0.533. The number of nitrogens with zero attached hydrogens (tertiary/aromatic N) is 1. The van der Waals surface area contributed by atoms with E-state index in [1.165, 1.54) is 5.56 Å². The first kappa shape index (κ1) is 34.2. The van der Waals surface area contributed by atoms with E-state index in [0.717, 1.165) is 64.0 Å². The Labute approximate surface area is 255 Å². The molecule has 3 N–H and O–H groups in total. The van der Waals surface area contributed by atoms with Crippen molar-refractivity contribution in [3.05, 3.63) is 53.3 Å². The predicted octanol–water partition coefficient (Wildman–Crippen LogP) is 5.62. The fourth-order valence-corrected chi connectivity index (χ4v) is 6.62. The molecular weight excluding hydrogens is 612 g/mol. The number of urea groups is 1. The number of aliphatic carboxylic acids is 1. The van der Waals surface area contributed by atoms with Gasteiger partial charge in [-0.3, -0.25) is 4.90 Å². The van der Waals surface area contributed by atoms with Gasteiger partial charge in [-0.15, -0.1) is 0 Å². The number of benzene rings is 2. The van der Waals surface area contributed by atoms with Gasteiger partial charge in [0.1, 0.15) is 0 Å². The van der Waals surface area contributed by atoms with Crippen LogP contribution in [0.4, 0.5) is 36.8 Å². The first-order valence-electron chi connectivity index (χ1n) is 14.4. The molecule has 15 heteroatoms. The van der Waals surface area contributed by atoms with E-state index in [-0.39, 0.29) is 17.5 Å². The summed E-state index contributed by atoms with van der Waals surface area (Å²) in [6.07, 6.45) is 0.110. The molecule has 1 saturated carbocycles. The number of likely N-dealkylation sites (tertiary alicyclic amines) is 1. The van der Waals surface area contributed by atoms with Crippen molar-refractivity contribution in [1.29, 1.82) is 0 Å². The van der Waals surface area contributed by atoms with Gasteiger partial charge in [0.25, 0.3) is 0 Å². The second-order valence-corrected chi connectivity index (χ2v) is 11.2. The highest BCUT2D eigenvalue weighted by molar-refractivity contribution is 5.89. The lowest BCUT2D eigenvalue weighted by Crippen LogP contribution is -2.55. The molecule has 2 aromatic rings. The summed E-state index contributed by atoms with van der Waals surface area (Å²) in [5, 5.41) is 12.4. The van der Waals surface area contributed by atoms with Crippen molar-refractivity contribution in [2.24, 2.45) is 0 Å². The van der Waals surface area contributed by atoms with Crippen molar-refractivity contribution in [2.75, 3.05) is 39.3 Å². The Bertz CT molecular complexity index is 1370. The Morgan fingerprint density at radius 2 is 1.64 bits per heavy atom. The van der Waals surface area contributed by atoms with Gasteiger partial charge in [0.15, 0.2) is 29.0 Å². The smallest absolute Gasteiger partial charge is 0.490 e. The van der Waals surface area contributed by atoms with E-state index >= 15 is 0 Å². The standard InChI is InChI=1S/C28H34F3N3O4.C2HF3O2/c1-36-22-6-3-17(15-23(22)37-2)28-10-7-18(16-24(28)34(12-11-28)19-8-13-38-14-9-19)32-27(35)33-21-5-4-20(29)25(30)26(21)31;3-2(4,5)1(6)7/h3-6,15,18-19,24H,7-14,16H2,1-2H3,(H2,32,33,35);(H,6,7)/t18-,24+,28+;/m1./s1. The lowest BCUT2D eigenvalue weighted by atomic mass is 9.65. The summed E-state index contributed by atoms with van der Waals surface area (Å²) in [6.45, 7) is 2.42. The van der Waals surface area contributed by atoms with Gasteiger partial charge < -0.3 is 30.0 Å². The van der Waals surface area contributed by atoms with Crippen LogP contribution in [-0.4, -0.2) is 80.3 Å². The van der Waals surface area contributed by atoms with Gasteiger partial charge in [0.05, 0.1) is 19.9 Å². The number of carboxylic acids is 1. The Balaban J connectivity index is 0.000000591. The first-order valence-corrected chi connectivity index (χ1v) is 14.4. The van der Waals surface area contributed by atoms with E-state index in [2.05, 4.69) is 27.7 Å². The highest BCUT2D eigenvalue weighted by Crippen LogP contribution is 2.51. The summed E-state index contributed by atoms with van der Waals surface area (Å²) in [6, 6.07) is 7.71. The highest BCUT2D eigenvalue weighted by Gasteiger charge is 2.53. The fourth-order valence-electron chi connectivity index (χ4n) is 6.62. The molecule has 2 aromatic carbocycles. The monoisotopic (exact) mass is 647 g/mol. The molecule has 3 aliphatic rings. The molecule has 0 aromatic heterocycles. The molecular formula is C30H35F6N3O6. The van der Waals surface area contributed by atoms with Crippen LogP contribution in [0.5, 0.6) is 11.5 Å². The van der Waals surface area contributed by atoms with Crippen LogP contribution in [0.2, 0.25) is 0 Å². The average molecular weight is 648 g/mol. The third kappa shape index (κ3) is 7.57. The van der Waals surface area contributed by atoms with Crippen LogP contribution in [0.15, 0.2) is 30.3 Å². The van der Waals surface area contributed by atoms with Gasteiger partial charge in [-0.1, -0.05) is 6.07 Å². The minimum absolute atomic E-state index is 0.112. The Hall–Kier alpha value is -3.72. The molecule has 2 heterocycles. The number of anilines is 1. The molecule has 0 spiro atoms. The number of rotatable bonds is 6. The molecule has 5 rings (SSSR count). The molecule has 2 saturated heterocycles. The summed E-state index contributed by atoms with van der Waals surface area (Å²) in [7, 11) is 3.25. The van der Waals surface area contributed by atoms with Crippen molar-refractivity contribution >= 4 is 17.7 Å². The largest absolute Gasteiger partial charge is 0.493 e. The summed E-state index contributed by atoms with van der Waals surface area (Å²) in [5.41, 5.74) is 0.682. The zero-order valence-corrected chi connectivity index (χ0v) is 24.7. The topological polar surface area (TPSA) is 109 Å². The predicted molar refractivity (Wildman–Crippen MR) is 150 cm³/mol. The maximum atomic E-state index is 14.1. The molecule has 45 heavy (non-hydrogen) atoms. The van der Waals surface area contributed by atoms with Gasteiger partial charge >= 0.3 is 18.2 Å². The van der Waals surface area contributed by atoms with E-state index < -0.39 is 41.3 Å². The number of ether oxygens (including phenoxy) is 3. The summed E-state index contributed by atoms with van der Waals surface area (Å²) >= 11 is 0. The average Bonchev–Trinajstić information content (AvgIpc) is 3.41. The third-order valence-electron chi connectivity index (χ3n) is 8.78. The number of carbonyl (C=O) groups excluding carboxylic acids is 1. The van der Waals surface area contributed by atoms with Gasteiger partial charge in [-0.2, -0.15) is 13.2 Å². The van der Waals surface area contributed by atoms with Crippen LogP contribution in [-0.2, 0) is 14.9 Å². The van der Waals surface area contributed by atoms with E-state index in [4.69, 9.17) is 24.1 Å². The molecule has 2 amide bonds. The summed E-state index contributed by atoms with van der Waals surface area (Å²) in [5.74, 6) is -5.72. The van der Waals surface area contributed by atoms with E-state index in [9.17, 15) is 31.1 Å². The number of hydrogen-bond acceptors (Lipinski definition) is 6. The van der Waals surface area contributed by atoms with Gasteiger partial charge in [0.2, 0.25) is 0 Å². The molecule has 0 radical (unpaired) electrons. The number of amides is 2. The van der Waals surface area contributed by atoms with Crippen molar-refractivity contribution < 1.29 is 55.2 Å². The van der Waals surface area contributed by atoms with Crippen LogP contribution in [0, 0.1) is 17.5 Å². The Kier molecular flexibility index (Phi) is 10.7. The van der Waals surface area contributed by atoms with Gasteiger partial charge in [-0.05, 0) is 74.9 Å². The number of halogens is 6. The number of methoxy groups -OCH3 is 2. The number of carbonyl (C=O) groups is 2. The number of carboxylic acid groups (broad SMARTS) is 1. The Morgan fingerprint density at radius 3 is 2.27 bits per heavy atom. The first-order chi connectivity index (χ1) is 21.3. The van der Waals surface area contributed by atoms with Crippen LogP contribution in [0.3, 0.4) is 0 Å². The van der Waals surface area contributed by atoms with E-state index in [1.54, 1.807) is 14.2 Å². The zero-order valence-electron chi connectivity index (χ0n) is 24.7. The second kappa shape index (κ2) is 14.1. The minimum atomic E-state index is -5.08.